The van der Waals surface area contributed by atoms with Crippen LogP contribution in [0.1, 0.15) is 26.3 Å². The highest BCUT2D eigenvalue weighted by Gasteiger charge is 2.21. The Hall–Kier alpha value is -1.62. The number of hydrogen-bond acceptors (Lipinski definition) is 4. The van der Waals surface area contributed by atoms with Crippen LogP contribution >= 0.6 is 0 Å². The number of nitrogens with one attached hydrogen (secondary N) is 1. The van der Waals surface area contributed by atoms with Gasteiger partial charge in [-0.15, -0.1) is 0 Å². The Labute approximate surface area is 87.8 Å². The minimum Gasteiger partial charge on any atom is -0.291 e. The summed E-state index contributed by atoms with van der Waals surface area (Å²) in [6.07, 6.45) is 0. The number of non-ortho nitro benzene ring substituents is 1. The number of hydrogen-bond donors (Lipinski definition) is 2. The molecule has 0 atom stereocenters. The minimum absolute atomic E-state index is 0.0268. The van der Waals surface area contributed by atoms with E-state index >= 15 is 0 Å². The van der Waals surface area contributed by atoms with Gasteiger partial charge in [0, 0.05) is 12.1 Å². The van der Waals surface area contributed by atoms with Gasteiger partial charge >= 0.3 is 0 Å². The Morgan fingerprint density at radius 1 is 1.40 bits per heavy atom. The zero-order chi connectivity index (χ0) is 11.6. The maximum absolute atomic E-state index is 10.6. The highest BCUT2D eigenvalue weighted by Crippen LogP contribution is 2.32. The first-order valence-electron chi connectivity index (χ1n) is 4.55. The molecule has 0 aromatic heterocycles. The van der Waals surface area contributed by atoms with E-state index in [9.17, 15) is 10.1 Å². The molecular weight excluding hydrogens is 196 g/mol. The Morgan fingerprint density at radius 3 is 2.40 bits per heavy atom. The molecule has 82 valence electrons. The predicted octanol–water partition coefficient (Wildman–Crippen LogP) is 2.69. The molecule has 0 unspecified atom stereocenters. The van der Waals surface area contributed by atoms with Crippen LogP contribution in [0.25, 0.3) is 0 Å². The van der Waals surface area contributed by atoms with Crippen LogP contribution in [-0.2, 0) is 5.41 Å². The molecule has 0 fully saturated rings. The smallest absolute Gasteiger partial charge is 0.269 e. The largest absolute Gasteiger partial charge is 0.291 e. The molecule has 0 saturated heterocycles. The quantitative estimate of drug-likeness (QED) is 0.581. The van der Waals surface area contributed by atoms with Gasteiger partial charge in [-0.2, -0.15) is 0 Å². The molecule has 15 heavy (non-hydrogen) atoms. The van der Waals surface area contributed by atoms with Gasteiger partial charge in [-0.3, -0.25) is 20.8 Å². The van der Waals surface area contributed by atoms with Gasteiger partial charge in [-0.1, -0.05) is 20.8 Å². The SMILES string of the molecule is CC(C)(C)c1cc([N+](=O)[O-])ccc1NO. The Balaban J connectivity index is 3.32. The van der Waals surface area contributed by atoms with Crippen LogP contribution in [0.3, 0.4) is 0 Å². The van der Waals surface area contributed by atoms with E-state index in [2.05, 4.69) is 0 Å². The molecule has 5 nitrogen and oxygen atoms in total. The zero-order valence-corrected chi connectivity index (χ0v) is 8.94. The second kappa shape index (κ2) is 3.86. The number of anilines is 1. The summed E-state index contributed by atoms with van der Waals surface area (Å²) in [4.78, 5) is 10.2. The van der Waals surface area contributed by atoms with Crippen molar-refractivity contribution in [2.75, 3.05) is 5.48 Å². The van der Waals surface area contributed by atoms with Crippen molar-refractivity contribution in [1.82, 2.24) is 0 Å². The lowest BCUT2D eigenvalue weighted by Crippen LogP contribution is -2.14. The van der Waals surface area contributed by atoms with Gasteiger partial charge in [0.1, 0.15) is 0 Å². The summed E-state index contributed by atoms with van der Waals surface area (Å²) in [5.74, 6) is 0. The molecular formula is C10H14N2O3. The van der Waals surface area contributed by atoms with Gasteiger partial charge in [-0.05, 0) is 17.0 Å². The number of nitrogens with zero attached hydrogens (tertiary/aromatic N) is 1. The van der Waals surface area contributed by atoms with E-state index in [0.29, 0.717) is 11.3 Å². The molecule has 0 aliphatic rings. The number of nitro groups is 1. The van der Waals surface area contributed by atoms with Crippen LogP contribution < -0.4 is 5.48 Å². The number of rotatable bonds is 2. The third-order valence-corrected chi connectivity index (χ3v) is 2.14. The molecule has 0 saturated carbocycles. The third kappa shape index (κ3) is 2.44. The maximum Gasteiger partial charge on any atom is 0.269 e. The minimum atomic E-state index is -0.448. The van der Waals surface area contributed by atoms with Crippen molar-refractivity contribution in [3.05, 3.63) is 33.9 Å². The standard InChI is InChI=1S/C10H14N2O3/c1-10(2,3)8-6-7(12(14)15)4-5-9(8)11-13/h4-6,11,13H,1-3H3. The van der Waals surface area contributed by atoms with Crippen LogP contribution in [0.15, 0.2) is 18.2 Å². The first kappa shape index (κ1) is 11.5. The van der Waals surface area contributed by atoms with Crippen LogP contribution in [0.5, 0.6) is 0 Å². The van der Waals surface area contributed by atoms with Gasteiger partial charge in [-0.25, -0.2) is 0 Å². The lowest BCUT2D eigenvalue weighted by molar-refractivity contribution is -0.384. The van der Waals surface area contributed by atoms with Gasteiger partial charge < -0.3 is 0 Å². The van der Waals surface area contributed by atoms with Gasteiger partial charge in [0.05, 0.1) is 10.6 Å². The van der Waals surface area contributed by atoms with E-state index in [1.165, 1.54) is 18.2 Å². The monoisotopic (exact) mass is 210 g/mol. The number of benzene rings is 1. The van der Waals surface area contributed by atoms with E-state index in [1.807, 2.05) is 26.3 Å². The molecule has 0 amide bonds. The molecule has 0 spiro atoms. The third-order valence-electron chi connectivity index (χ3n) is 2.14. The average molecular weight is 210 g/mol. The van der Waals surface area contributed by atoms with Crippen molar-refractivity contribution in [3.8, 4) is 0 Å². The Kier molecular flexibility index (Phi) is 2.95. The fraction of sp³-hybridized carbons (Fsp3) is 0.400. The Bertz CT molecular complexity index is 383. The highest BCUT2D eigenvalue weighted by molar-refractivity contribution is 5.57. The summed E-state index contributed by atoms with van der Waals surface area (Å²) in [6.45, 7) is 5.77. The van der Waals surface area contributed by atoms with E-state index in [4.69, 9.17) is 5.21 Å². The Morgan fingerprint density at radius 2 is 2.00 bits per heavy atom. The van der Waals surface area contributed by atoms with Crippen molar-refractivity contribution in [2.24, 2.45) is 0 Å². The highest BCUT2D eigenvalue weighted by atomic mass is 16.6. The van der Waals surface area contributed by atoms with Gasteiger partial charge in [0.25, 0.3) is 5.69 Å². The van der Waals surface area contributed by atoms with Crippen molar-refractivity contribution in [1.29, 1.82) is 0 Å². The summed E-state index contributed by atoms with van der Waals surface area (Å²) >= 11 is 0. The van der Waals surface area contributed by atoms with Crippen molar-refractivity contribution < 1.29 is 10.1 Å². The molecule has 5 heteroatoms. The molecule has 1 aromatic carbocycles. The lowest BCUT2D eigenvalue weighted by atomic mass is 9.85. The van der Waals surface area contributed by atoms with Crippen molar-refractivity contribution >= 4 is 11.4 Å². The van der Waals surface area contributed by atoms with E-state index in [0.717, 1.165) is 0 Å². The zero-order valence-electron chi connectivity index (χ0n) is 8.94. The second-order valence-electron chi connectivity index (χ2n) is 4.35. The van der Waals surface area contributed by atoms with E-state index in [1.54, 1.807) is 0 Å². The maximum atomic E-state index is 10.6. The topological polar surface area (TPSA) is 75.4 Å². The number of nitro benzene ring substituents is 1. The van der Waals surface area contributed by atoms with Crippen LogP contribution in [0, 0.1) is 10.1 Å². The molecule has 0 bridgehead atoms. The molecule has 0 heterocycles. The van der Waals surface area contributed by atoms with Crippen molar-refractivity contribution in [3.63, 3.8) is 0 Å². The summed E-state index contributed by atoms with van der Waals surface area (Å²) in [6, 6.07) is 4.32. The second-order valence-corrected chi connectivity index (χ2v) is 4.35. The summed E-state index contributed by atoms with van der Waals surface area (Å²) in [5, 5.41) is 19.5. The fourth-order valence-corrected chi connectivity index (χ4v) is 1.36. The van der Waals surface area contributed by atoms with Gasteiger partial charge in [0.2, 0.25) is 0 Å². The normalized spacial score (nSPS) is 11.2. The van der Waals surface area contributed by atoms with E-state index < -0.39 is 4.92 Å². The fourth-order valence-electron chi connectivity index (χ4n) is 1.36. The van der Waals surface area contributed by atoms with Gasteiger partial charge in [0.15, 0.2) is 0 Å². The molecule has 0 radical (unpaired) electrons. The van der Waals surface area contributed by atoms with Crippen LogP contribution in [0.2, 0.25) is 0 Å². The summed E-state index contributed by atoms with van der Waals surface area (Å²) in [7, 11) is 0. The summed E-state index contributed by atoms with van der Waals surface area (Å²) in [5.41, 5.74) is 3.01. The van der Waals surface area contributed by atoms with Crippen LogP contribution in [-0.4, -0.2) is 10.1 Å². The first-order valence-corrected chi connectivity index (χ1v) is 4.55. The predicted molar refractivity (Wildman–Crippen MR) is 57.2 cm³/mol. The molecule has 0 aliphatic carbocycles. The molecule has 1 aromatic rings. The van der Waals surface area contributed by atoms with Crippen LogP contribution in [0.4, 0.5) is 11.4 Å². The van der Waals surface area contributed by atoms with Crippen molar-refractivity contribution in [2.45, 2.75) is 26.2 Å². The molecule has 1 rings (SSSR count). The average Bonchev–Trinajstić information content (AvgIpc) is 2.15. The lowest BCUT2D eigenvalue weighted by Gasteiger charge is -2.21. The first-order chi connectivity index (χ1) is 6.86. The molecule has 0 aliphatic heterocycles. The van der Waals surface area contributed by atoms with E-state index in [-0.39, 0.29) is 11.1 Å². The molecule has 2 N–H and O–H groups in total. The summed E-state index contributed by atoms with van der Waals surface area (Å²) < 4.78 is 0.